The summed E-state index contributed by atoms with van der Waals surface area (Å²) in [5.41, 5.74) is -1.28. The maximum atomic E-state index is 12.5. The molecule has 16 heavy (non-hydrogen) atoms. The molecule has 1 heterocycles. The van der Waals surface area contributed by atoms with E-state index in [1.165, 1.54) is 6.07 Å². The van der Waals surface area contributed by atoms with Crippen LogP contribution in [0, 0.1) is 11.3 Å². The summed E-state index contributed by atoms with van der Waals surface area (Å²) in [7, 11) is 0. The van der Waals surface area contributed by atoms with Crippen LogP contribution in [-0.4, -0.2) is 16.1 Å². The molecule has 84 valence electrons. The highest BCUT2D eigenvalue weighted by Gasteiger charge is 2.20. The summed E-state index contributed by atoms with van der Waals surface area (Å²) in [5, 5.41) is 17.0. The van der Waals surface area contributed by atoms with Crippen molar-refractivity contribution in [2.75, 3.05) is 0 Å². The molecule has 1 aromatic heterocycles. The zero-order valence-corrected chi connectivity index (χ0v) is 8.50. The molecular weight excluding hydrogens is 242 g/mol. The SMILES string of the molecule is N#Cc1c(CC(=O)O)cc(Cl)nc1C(F)F. The Labute approximate surface area is 94.1 Å². The number of carboxylic acid groups (broad SMARTS) is 1. The van der Waals surface area contributed by atoms with E-state index < -0.39 is 30.1 Å². The Hall–Kier alpha value is -1.74. The predicted octanol–water partition coefficient (Wildman–Crippen LogP) is 2.17. The number of alkyl halides is 2. The molecule has 0 aromatic carbocycles. The van der Waals surface area contributed by atoms with Crippen LogP contribution in [0.1, 0.15) is 23.2 Å². The first-order valence-corrected chi connectivity index (χ1v) is 4.43. The van der Waals surface area contributed by atoms with Crippen molar-refractivity contribution in [3.63, 3.8) is 0 Å². The predicted molar refractivity (Wildman–Crippen MR) is 50.3 cm³/mol. The second kappa shape index (κ2) is 4.86. The summed E-state index contributed by atoms with van der Waals surface area (Å²) < 4.78 is 25.0. The molecule has 0 bridgehead atoms. The molecule has 1 N–H and O–H groups in total. The number of aliphatic carboxylic acids is 1. The summed E-state index contributed by atoms with van der Waals surface area (Å²) >= 11 is 5.46. The number of nitriles is 1. The highest BCUT2D eigenvalue weighted by molar-refractivity contribution is 6.29. The monoisotopic (exact) mass is 246 g/mol. The fourth-order valence-electron chi connectivity index (χ4n) is 1.17. The van der Waals surface area contributed by atoms with Crippen molar-refractivity contribution in [2.45, 2.75) is 12.8 Å². The fourth-order valence-corrected chi connectivity index (χ4v) is 1.40. The van der Waals surface area contributed by atoms with Crippen LogP contribution in [0.3, 0.4) is 0 Å². The van der Waals surface area contributed by atoms with E-state index in [-0.39, 0.29) is 10.7 Å². The largest absolute Gasteiger partial charge is 0.481 e. The zero-order valence-electron chi connectivity index (χ0n) is 7.75. The number of pyridine rings is 1. The van der Waals surface area contributed by atoms with Crippen molar-refractivity contribution >= 4 is 17.6 Å². The van der Waals surface area contributed by atoms with E-state index >= 15 is 0 Å². The highest BCUT2D eigenvalue weighted by atomic mass is 35.5. The van der Waals surface area contributed by atoms with E-state index in [1.807, 2.05) is 0 Å². The maximum Gasteiger partial charge on any atom is 0.307 e. The van der Waals surface area contributed by atoms with Crippen LogP contribution in [0.2, 0.25) is 5.15 Å². The van der Waals surface area contributed by atoms with Crippen molar-refractivity contribution in [3.8, 4) is 6.07 Å². The summed E-state index contributed by atoms with van der Waals surface area (Å²) in [6, 6.07) is 2.61. The Balaban J connectivity index is 3.37. The molecule has 0 radical (unpaired) electrons. The molecule has 0 aliphatic carbocycles. The lowest BCUT2D eigenvalue weighted by Crippen LogP contribution is -2.06. The molecule has 1 aromatic rings. The summed E-state index contributed by atoms with van der Waals surface area (Å²) in [4.78, 5) is 13.8. The Morgan fingerprint density at radius 1 is 1.69 bits per heavy atom. The van der Waals surface area contributed by atoms with Crippen molar-refractivity contribution in [2.24, 2.45) is 0 Å². The van der Waals surface area contributed by atoms with Crippen LogP contribution in [0.5, 0.6) is 0 Å². The molecule has 0 unspecified atom stereocenters. The minimum Gasteiger partial charge on any atom is -0.481 e. The molecule has 4 nitrogen and oxygen atoms in total. The van der Waals surface area contributed by atoms with Gasteiger partial charge in [-0.25, -0.2) is 13.8 Å². The van der Waals surface area contributed by atoms with Crippen LogP contribution in [-0.2, 0) is 11.2 Å². The zero-order chi connectivity index (χ0) is 12.3. The number of aromatic nitrogens is 1. The van der Waals surface area contributed by atoms with E-state index in [0.29, 0.717) is 0 Å². The van der Waals surface area contributed by atoms with Gasteiger partial charge in [0.15, 0.2) is 0 Å². The summed E-state index contributed by atoms with van der Waals surface area (Å²) in [6.07, 6.45) is -3.52. The fraction of sp³-hybridized carbons (Fsp3) is 0.222. The van der Waals surface area contributed by atoms with Crippen LogP contribution >= 0.6 is 11.6 Å². The standard InChI is InChI=1S/C9H5ClF2N2O2/c10-6-1-4(2-7(15)16)5(3-13)8(14-6)9(11)12/h1,9H,2H2,(H,15,16). The Bertz CT molecular complexity index is 471. The number of carbonyl (C=O) groups is 1. The van der Waals surface area contributed by atoms with Crippen molar-refractivity contribution in [1.29, 1.82) is 5.26 Å². The van der Waals surface area contributed by atoms with Gasteiger partial charge in [-0.1, -0.05) is 11.6 Å². The Kier molecular flexibility index (Phi) is 3.74. The van der Waals surface area contributed by atoms with Crippen molar-refractivity contribution < 1.29 is 18.7 Å². The third kappa shape index (κ3) is 2.64. The number of halogens is 3. The van der Waals surface area contributed by atoms with Crippen LogP contribution < -0.4 is 0 Å². The Morgan fingerprint density at radius 2 is 2.31 bits per heavy atom. The van der Waals surface area contributed by atoms with E-state index in [2.05, 4.69) is 4.98 Å². The molecule has 0 saturated heterocycles. The number of carboxylic acids is 1. The summed E-state index contributed by atoms with van der Waals surface area (Å²) in [5.74, 6) is -1.24. The van der Waals surface area contributed by atoms with Gasteiger partial charge in [-0.15, -0.1) is 0 Å². The van der Waals surface area contributed by atoms with E-state index in [4.69, 9.17) is 22.0 Å². The molecule has 0 aliphatic rings. The molecule has 1 rings (SSSR count). The topological polar surface area (TPSA) is 74.0 Å². The van der Waals surface area contributed by atoms with Crippen LogP contribution in [0.25, 0.3) is 0 Å². The van der Waals surface area contributed by atoms with Crippen molar-refractivity contribution in [3.05, 3.63) is 28.0 Å². The quantitative estimate of drug-likeness (QED) is 0.830. The lowest BCUT2D eigenvalue weighted by Gasteiger charge is -2.07. The van der Waals surface area contributed by atoms with Gasteiger partial charge in [0.25, 0.3) is 6.43 Å². The molecule has 0 fully saturated rings. The van der Waals surface area contributed by atoms with E-state index in [9.17, 15) is 13.6 Å². The lowest BCUT2D eigenvalue weighted by atomic mass is 10.0. The maximum absolute atomic E-state index is 12.5. The average molecular weight is 247 g/mol. The van der Waals surface area contributed by atoms with Gasteiger partial charge in [0.2, 0.25) is 0 Å². The highest BCUT2D eigenvalue weighted by Crippen LogP contribution is 2.25. The van der Waals surface area contributed by atoms with Gasteiger partial charge in [-0.05, 0) is 11.6 Å². The first-order chi connectivity index (χ1) is 7.45. The van der Waals surface area contributed by atoms with Gasteiger partial charge >= 0.3 is 5.97 Å². The van der Waals surface area contributed by atoms with Gasteiger partial charge in [0.05, 0.1) is 12.0 Å². The minimum absolute atomic E-state index is 0.0645. The van der Waals surface area contributed by atoms with Crippen LogP contribution in [0.15, 0.2) is 6.07 Å². The molecule has 0 spiro atoms. The average Bonchev–Trinajstić information content (AvgIpc) is 2.15. The molecule has 7 heteroatoms. The smallest absolute Gasteiger partial charge is 0.307 e. The number of nitrogens with zero attached hydrogens (tertiary/aromatic N) is 2. The first-order valence-electron chi connectivity index (χ1n) is 4.05. The van der Waals surface area contributed by atoms with Gasteiger partial charge in [-0.3, -0.25) is 4.79 Å². The minimum atomic E-state index is -2.97. The molecule has 0 atom stereocenters. The first kappa shape index (κ1) is 12.3. The van der Waals surface area contributed by atoms with Gasteiger partial charge in [0.1, 0.15) is 16.9 Å². The summed E-state index contributed by atoms with van der Waals surface area (Å²) in [6.45, 7) is 0. The normalized spacial score (nSPS) is 10.2. The Morgan fingerprint density at radius 3 is 2.75 bits per heavy atom. The molecule has 0 aliphatic heterocycles. The third-order valence-electron chi connectivity index (χ3n) is 1.76. The van der Waals surface area contributed by atoms with E-state index in [1.54, 1.807) is 0 Å². The number of hydrogen-bond donors (Lipinski definition) is 1. The van der Waals surface area contributed by atoms with Gasteiger partial charge in [-0.2, -0.15) is 5.26 Å². The van der Waals surface area contributed by atoms with E-state index in [0.717, 1.165) is 6.07 Å². The van der Waals surface area contributed by atoms with Crippen LogP contribution in [0.4, 0.5) is 8.78 Å². The van der Waals surface area contributed by atoms with Crippen molar-refractivity contribution in [1.82, 2.24) is 4.98 Å². The number of hydrogen-bond acceptors (Lipinski definition) is 3. The third-order valence-corrected chi connectivity index (χ3v) is 1.95. The van der Waals surface area contributed by atoms with Gasteiger partial charge < -0.3 is 5.11 Å². The van der Waals surface area contributed by atoms with Gasteiger partial charge in [0, 0.05) is 0 Å². The number of rotatable bonds is 3. The lowest BCUT2D eigenvalue weighted by molar-refractivity contribution is -0.136. The second-order valence-electron chi connectivity index (χ2n) is 2.85. The second-order valence-corrected chi connectivity index (χ2v) is 3.23. The molecular formula is C9H5ClF2N2O2. The molecule has 0 amide bonds. The molecule has 0 saturated carbocycles.